The van der Waals surface area contributed by atoms with E-state index in [0.717, 1.165) is 17.0 Å². The molecule has 26 heavy (non-hydrogen) atoms. The van der Waals surface area contributed by atoms with Gasteiger partial charge in [0.2, 0.25) is 5.91 Å². The van der Waals surface area contributed by atoms with Crippen LogP contribution in [0, 0.1) is 25.6 Å². The summed E-state index contributed by atoms with van der Waals surface area (Å²) in [6, 6.07) is 5.08. The second-order valence-electron chi connectivity index (χ2n) is 6.80. The first-order valence-electron chi connectivity index (χ1n) is 8.36. The number of benzene rings is 1. The van der Waals surface area contributed by atoms with Crippen molar-refractivity contribution in [3.63, 3.8) is 0 Å². The number of carbonyl (C=O) groups excluding carboxylic acids is 1. The SMILES string of the molecule is Cc1nn(C)c(C)c1CC(C)C(=O)NC(C)(C(=O)O)c1ccc(F)cc1. The molecule has 2 aromatic rings. The Bertz CT molecular complexity index is 829. The van der Waals surface area contributed by atoms with Crippen molar-refractivity contribution in [3.05, 3.63) is 52.6 Å². The molecule has 0 aliphatic rings. The molecule has 6 nitrogen and oxygen atoms in total. The Hall–Kier alpha value is -2.70. The molecule has 0 saturated carbocycles. The van der Waals surface area contributed by atoms with Crippen molar-refractivity contribution in [2.75, 3.05) is 0 Å². The van der Waals surface area contributed by atoms with Gasteiger partial charge in [0, 0.05) is 18.7 Å². The van der Waals surface area contributed by atoms with Crippen LogP contribution in [-0.2, 0) is 28.6 Å². The van der Waals surface area contributed by atoms with Gasteiger partial charge in [0.15, 0.2) is 5.54 Å². The molecule has 7 heteroatoms. The lowest BCUT2D eigenvalue weighted by Gasteiger charge is -2.28. The maximum absolute atomic E-state index is 13.1. The van der Waals surface area contributed by atoms with Crippen LogP contribution in [0.15, 0.2) is 24.3 Å². The Morgan fingerprint density at radius 1 is 1.31 bits per heavy atom. The summed E-state index contributed by atoms with van der Waals surface area (Å²) < 4.78 is 14.9. The van der Waals surface area contributed by atoms with Crippen LogP contribution in [0.3, 0.4) is 0 Å². The molecule has 0 aliphatic heterocycles. The molecule has 2 rings (SSSR count). The molecule has 140 valence electrons. The largest absolute Gasteiger partial charge is 0.479 e. The van der Waals surface area contributed by atoms with E-state index in [-0.39, 0.29) is 5.91 Å². The van der Waals surface area contributed by atoms with Gasteiger partial charge in [0.05, 0.1) is 5.69 Å². The lowest BCUT2D eigenvalue weighted by molar-refractivity contribution is -0.148. The maximum atomic E-state index is 13.1. The third-order valence-electron chi connectivity index (χ3n) is 4.84. The number of hydrogen-bond acceptors (Lipinski definition) is 3. The summed E-state index contributed by atoms with van der Waals surface area (Å²) in [6.07, 6.45) is 0.455. The topological polar surface area (TPSA) is 84.2 Å². The van der Waals surface area contributed by atoms with Gasteiger partial charge < -0.3 is 10.4 Å². The van der Waals surface area contributed by atoms with Gasteiger partial charge in [-0.15, -0.1) is 0 Å². The van der Waals surface area contributed by atoms with Gasteiger partial charge in [-0.3, -0.25) is 9.48 Å². The van der Waals surface area contributed by atoms with E-state index in [0.29, 0.717) is 12.0 Å². The average Bonchev–Trinajstić information content (AvgIpc) is 2.81. The Labute approximate surface area is 152 Å². The minimum Gasteiger partial charge on any atom is -0.479 e. The molecule has 1 amide bonds. The lowest BCUT2D eigenvalue weighted by atomic mass is 9.90. The molecule has 1 aromatic carbocycles. The average molecular weight is 361 g/mol. The molecule has 2 unspecified atom stereocenters. The molecular formula is C19H24FN3O3. The molecule has 1 heterocycles. The number of aromatic nitrogens is 2. The molecular weight excluding hydrogens is 337 g/mol. The highest BCUT2D eigenvalue weighted by atomic mass is 19.1. The van der Waals surface area contributed by atoms with Crippen LogP contribution in [0.25, 0.3) is 0 Å². The van der Waals surface area contributed by atoms with Crippen molar-refractivity contribution in [2.24, 2.45) is 13.0 Å². The molecule has 2 N–H and O–H groups in total. The van der Waals surface area contributed by atoms with E-state index in [1.165, 1.54) is 31.2 Å². The second kappa shape index (κ2) is 7.27. The number of nitrogens with one attached hydrogen (secondary N) is 1. The summed E-state index contributed by atoms with van der Waals surface area (Å²) in [5, 5.41) is 16.6. The van der Waals surface area contributed by atoms with Gasteiger partial charge in [-0.25, -0.2) is 9.18 Å². The number of halogens is 1. The van der Waals surface area contributed by atoms with Crippen LogP contribution in [-0.4, -0.2) is 26.8 Å². The van der Waals surface area contributed by atoms with Crippen LogP contribution in [0.5, 0.6) is 0 Å². The normalized spacial score (nSPS) is 14.5. The third kappa shape index (κ3) is 3.76. The van der Waals surface area contributed by atoms with E-state index in [4.69, 9.17) is 0 Å². The van der Waals surface area contributed by atoms with Crippen molar-refractivity contribution in [2.45, 2.75) is 39.7 Å². The minimum absolute atomic E-state index is 0.306. The van der Waals surface area contributed by atoms with E-state index in [1.54, 1.807) is 11.6 Å². The first-order valence-corrected chi connectivity index (χ1v) is 8.36. The zero-order valence-electron chi connectivity index (χ0n) is 15.6. The van der Waals surface area contributed by atoms with Crippen molar-refractivity contribution >= 4 is 11.9 Å². The van der Waals surface area contributed by atoms with Gasteiger partial charge in [-0.05, 0) is 50.5 Å². The van der Waals surface area contributed by atoms with Gasteiger partial charge in [-0.2, -0.15) is 5.10 Å². The first-order chi connectivity index (χ1) is 12.1. The minimum atomic E-state index is -1.64. The fourth-order valence-electron chi connectivity index (χ4n) is 2.91. The van der Waals surface area contributed by atoms with Gasteiger partial charge in [-0.1, -0.05) is 19.1 Å². The van der Waals surface area contributed by atoms with E-state index in [9.17, 15) is 19.1 Å². The second-order valence-corrected chi connectivity index (χ2v) is 6.80. The van der Waals surface area contributed by atoms with Gasteiger partial charge in [0.25, 0.3) is 0 Å². The number of hydrogen-bond donors (Lipinski definition) is 2. The van der Waals surface area contributed by atoms with Crippen molar-refractivity contribution in [3.8, 4) is 0 Å². The van der Waals surface area contributed by atoms with E-state index in [2.05, 4.69) is 10.4 Å². The number of carbonyl (C=O) groups is 2. The van der Waals surface area contributed by atoms with Crippen molar-refractivity contribution < 1.29 is 19.1 Å². The molecule has 0 saturated heterocycles. The lowest BCUT2D eigenvalue weighted by Crippen LogP contribution is -2.51. The number of aryl methyl sites for hydroxylation is 2. The standard InChI is InChI=1S/C19H24FN3O3/c1-11(10-16-12(2)22-23(5)13(16)3)17(24)21-19(4,18(25)26)14-6-8-15(20)9-7-14/h6-9,11H,10H2,1-5H3,(H,21,24)(H,25,26). The van der Waals surface area contributed by atoms with Crippen LogP contribution >= 0.6 is 0 Å². The Kier molecular flexibility index (Phi) is 5.49. The van der Waals surface area contributed by atoms with E-state index in [1.807, 2.05) is 20.9 Å². The number of amides is 1. The molecule has 2 atom stereocenters. The zero-order valence-corrected chi connectivity index (χ0v) is 15.6. The zero-order chi connectivity index (χ0) is 19.6. The predicted molar refractivity (Wildman–Crippen MR) is 95.1 cm³/mol. The van der Waals surface area contributed by atoms with Crippen LogP contribution < -0.4 is 5.32 Å². The number of nitrogens with zero attached hydrogens (tertiary/aromatic N) is 2. The molecule has 0 bridgehead atoms. The molecule has 0 aliphatic carbocycles. The van der Waals surface area contributed by atoms with Crippen LogP contribution in [0.2, 0.25) is 0 Å². The van der Waals surface area contributed by atoms with Gasteiger partial charge in [0.1, 0.15) is 5.82 Å². The summed E-state index contributed by atoms with van der Waals surface area (Å²) in [4.78, 5) is 24.5. The monoisotopic (exact) mass is 361 g/mol. The highest BCUT2D eigenvalue weighted by Gasteiger charge is 2.38. The summed E-state index contributed by atoms with van der Waals surface area (Å²) in [6.45, 7) is 6.95. The van der Waals surface area contributed by atoms with Gasteiger partial charge >= 0.3 is 5.97 Å². The summed E-state index contributed by atoms with van der Waals surface area (Å²) in [5.74, 6) is -2.51. The molecule has 0 fully saturated rings. The summed E-state index contributed by atoms with van der Waals surface area (Å²) in [5.41, 5.74) is 1.47. The number of rotatable bonds is 6. The summed E-state index contributed by atoms with van der Waals surface area (Å²) in [7, 11) is 1.84. The van der Waals surface area contributed by atoms with E-state index < -0.39 is 23.2 Å². The third-order valence-corrected chi connectivity index (χ3v) is 4.84. The molecule has 1 aromatic heterocycles. The predicted octanol–water partition coefficient (Wildman–Crippen LogP) is 2.47. The van der Waals surface area contributed by atoms with Crippen molar-refractivity contribution in [1.82, 2.24) is 15.1 Å². The smallest absolute Gasteiger partial charge is 0.333 e. The number of carboxylic acid groups (broad SMARTS) is 1. The highest BCUT2D eigenvalue weighted by Crippen LogP contribution is 2.23. The quantitative estimate of drug-likeness (QED) is 0.828. The highest BCUT2D eigenvalue weighted by molar-refractivity contribution is 5.88. The Balaban J connectivity index is 2.21. The number of aliphatic carboxylic acids is 1. The van der Waals surface area contributed by atoms with Crippen molar-refractivity contribution in [1.29, 1.82) is 0 Å². The first kappa shape index (κ1) is 19.6. The maximum Gasteiger partial charge on any atom is 0.333 e. The molecule has 0 spiro atoms. The fraction of sp³-hybridized carbons (Fsp3) is 0.421. The van der Waals surface area contributed by atoms with E-state index >= 15 is 0 Å². The molecule has 0 radical (unpaired) electrons. The fourth-order valence-corrected chi connectivity index (χ4v) is 2.91. The summed E-state index contributed by atoms with van der Waals surface area (Å²) >= 11 is 0. The van der Waals surface area contributed by atoms with Crippen LogP contribution in [0.1, 0.15) is 36.4 Å². The number of carboxylic acids is 1. The Morgan fingerprint density at radius 3 is 2.35 bits per heavy atom. The van der Waals surface area contributed by atoms with Crippen LogP contribution in [0.4, 0.5) is 4.39 Å². The Morgan fingerprint density at radius 2 is 1.88 bits per heavy atom.